The molecule has 5 heteroatoms. The van der Waals surface area contributed by atoms with Crippen molar-refractivity contribution in [1.82, 2.24) is 4.98 Å². The zero-order chi connectivity index (χ0) is 12.2. The summed E-state index contributed by atoms with van der Waals surface area (Å²) in [6.07, 6.45) is 3.48. The number of nitrogens with two attached hydrogens (primary N) is 1. The molecule has 1 rings (SSSR count). The molecule has 0 aliphatic rings. The van der Waals surface area contributed by atoms with E-state index in [4.69, 9.17) is 10.5 Å². The standard InChI is InChI=1S/C11H16Br2N2O/c1-3-11(14,4-2)7-16-10-9(13)5-8(12)6-15-10/h5-6H,3-4,7,14H2,1-2H3. The van der Waals surface area contributed by atoms with Gasteiger partial charge in [-0.2, -0.15) is 0 Å². The van der Waals surface area contributed by atoms with Crippen LogP contribution in [0.2, 0.25) is 0 Å². The van der Waals surface area contributed by atoms with E-state index in [1.165, 1.54) is 0 Å². The van der Waals surface area contributed by atoms with Crippen LogP contribution in [0.4, 0.5) is 0 Å². The zero-order valence-electron chi connectivity index (χ0n) is 9.46. The van der Waals surface area contributed by atoms with Gasteiger partial charge >= 0.3 is 0 Å². The largest absolute Gasteiger partial charge is 0.475 e. The van der Waals surface area contributed by atoms with E-state index in [-0.39, 0.29) is 5.54 Å². The van der Waals surface area contributed by atoms with Gasteiger partial charge in [-0.05, 0) is 50.8 Å². The molecule has 0 atom stereocenters. The van der Waals surface area contributed by atoms with E-state index in [1.807, 2.05) is 6.07 Å². The maximum absolute atomic E-state index is 6.15. The van der Waals surface area contributed by atoms with Gasteiger partial charge in [0, 0.05) is 16.2 Å². The lowest BCUT2D eigenvalue weighted by molar-refractivity contribution is 0.199. The molecule has 0 aromatic carbocycles. The Bertz CT molecular complexity index is 354. The number of rotatable bonds is 5. The number of halogens is 2. The first-order valence-electron chi connectivity index (χ1n) is 5.23. The van der Waals surface area contributed by atoms with Gasteiger partial charge in [0.15, 0.2) is 0 Å². The van der Waals surface area contributed by atoms with Gasteiger partial charge in [-0.25, -0.2) is 4.98 Å². The Morgan fingerprint density at radius 2 is 2.00 bits per heavy atom. The summed E-state index contributed by atoms with van der Waals surface area (Å²) < 4.78 is 7.38. The van der Waals surface area contributed by atoms with Crippen molar-refractivity contribution in [3.8, 4) is 5.88 Å². The van der Waals surface area contributed by atoms with E-state index in [0.717, 1.165) is 21.8 Å². The second-order valence-electron chi connectivity index (χ2n) is 3.80. The molecule has 0 aliphatic heterocycles. The maximum Gasteiger partial charge on any atom is 0.228 e. The molecule has 0 radical (unpaired) electrons. The van der Waals surface area contributed by atoms with Crippen molar-refractivity contribution in [1.29, 1.82) is 0 Å². The van der Waals surface area contributed by atoms with Crippen LogP contribution in [0.15, 0.2) is 21.2 Å². The Labute approximate surface area is 113 Å². The first-order chi connectivity index (χ1) is 7.50. The summed E-state index contributed by atoms with van der Waals surface area (Å²) in [4.78, 5) is 4.18. The molecule has 0 saturated heterocycles. The van der Waals surface area contributed by atoms with Crippen molar-refractivity contribution in [2.45, 2.75) is 32.2 Å². The molecule has 0 fully saturated rings. The lowest BCUT2D eigenvalue weighted by atomic mass is 9.96. The number of hydrogen-bond acceptors (Lipinski definition) is 3. The minimum Gasteiger partial charge on any atom is -0.475 e. The topological polar surface area (TPSA) is 48.1 Å². The SMILES string of the molecule is CCC(N)(CC)COc1ncc(Br)cc1Br. The molecule has 1 heterocycles. The van der Waals surface area contributed by atoms with E-state index in [2.05, 4.69) is 50.7 Å². The van der Waals surface area contributed by atoms with E-state index < -0.39 is 0 Å². The van der Waals surface area contributed by atoms with Gasteiger partial charge in [0.25, 0.3) is 0 Å². The molecule has 0 unspecified atom stereocenters. The third kappa shape index (κ3) is 3.71. The first kappa shape index (κ1) is 13.9. The average Bonchev–Trinajstić information content (AvgIpc) is 2.27. The first-order valence-corrected chi connectivity index (χ1v) is 6.82. The fourth-order valence-electron chi connectivity index (χ4n) is 1.17. The average molecular weight is 352 g/mol. The van der Waals surface area contributed by atoms with Gasteiger partial charge in [-0.15, -0.1) is 0 Å². The van der Waals surface area contributed by atoms with Crippen LogP contribution in [-0.4, -0.2) is 17.1 Å². The molecule has 1 aromatic rings. The highest BCUT2D eigenvalue weighted by Crippen LogP contribution is 2.26. The van der Waals surface area contributed by atoms with Crippen molar-refractivity contribution in [2.75, 3.05) is 6.61 Å². The normalized spacial score (nSPS) is 11.6. The maximum atomic E-state index is 6.15. The highest BCUT2D eigenvalue weighted by molar-refractivity contribution is 9.11. The molecule has 0 saturated carbocycles. The summed E-state index contributed by atoms with van der Waals surface area (Å²) in [5.74, 6) is 0.583. The number of pyridine rings is 1. The number of aromatic nitrogens is 1. The summed E-state index contributed by atoms with van der Waals surface area (Å²) in [6.45, 7) is 4.61. The van der Waals surface area contributed by atoms with Crippen molar-refractivity contribution in [3.05, 3.63) is 21.2 Å². The Kier molecular flexibility index (Phi) is 5.21. The van der Waals surface area contributed by atoms with Crippen LogP contribution in [-0.2, 0) is 0 Å². The minimum atomic E-state index is -0.270. The van der Waals surface area contributed by atoms with Crippen molar-refractivity contribution < 1.29 is 4.74 Å². The van der Waals surface area contributed by atoms with Gasteiger partial charge in [0.1, 0.15) is 6.61 Å². The van der Waals surface area contributed by atoms with E-state index in [9.17, 15) is 0 Å². The molecule has 2 N–H and O–H groups in total. The summed E-state index contributed by atoms with van der Waals surface area (Å²) in [5, 5.41) is 0. The van der Waals surface area contributed by atoms with Crippen molar-refractivity contribution in [2.24, 2.45) is 5.73 Å². The molecule has 1 aromatic heterocycles. The van der Waals surface area contributed by atoms with Gasteiger partial charge in [0.05, 0.1) is 4.47 Å². The Balaban J connectivity index is 2.67. The smallest absolute Gasteiger partial charge is 0.228 e. The molecular formula is C11H16Br2N2O. The van der Waals surface area contributed by atoms with Crippen LogP contribution in [0.1, 0.15) is 26.7 Å². The summed E-state index contributed by atoms with van der Waals surface area (Å²) in [5.41, 5.74) is 5.88. The molecule has 0 bridgehead atoms. The van der Waals surface area contributed by atoms with Crippen LogP contribution >= 0.6 is 31.9 Å². The van der Waals surface area contributed by atoms with E-state index in [1.54, 1.807) is 6.20 Å². The number of ether oxygens (including phenoxy) is 1. The monoisotopic (exact) mass is 350 g/mol. The second-order valence-corrected chi connectivity index (χ2v) is 5.57. The predicted molar refractivity (Wildman–Crippen MR) is 72.6 cm³/mol. The molecule has 0 aliphatic carbocycles. The lowest BCUT2D eigenvalue weighted by Crippen LogP contribution is -2.44. The minimum absolute atomic E-state index is 0.270. The van der Waals surface area contributed by atoms with E-state index >= 15 is 0 Å². The molecule has 90 valence electrons. The lowest BCUT2D eigenvalue weighted by Gasteiger charge is -2.26. The van der Waals surface area contributed by atoms with Gasteiger partial charge < -0.3 is 10.5 Å². The summed E-state index contributed by atoms with van der Waals surface area (Å²) in [6, 6.07) is 1.90. The molecule has 0 amide bonds. The quantitative estimate of drug-likeness (QED) is 0.883. The highest BCUT2D eigenvalue weighted by Gasteiger charge is 2.21. The Morgan fingerprint density at radius 1 is 1.38 bits per heavy atom. The molecule has 16 heavy (non-hydrogen) atoms. The Hall–Kier alpha value is -0.130. The van der Waals surface area contributed by atoms with Gasteiger partial charge in [-0.1, -0.05) is 13.8 Å². The predicted octanol–water partition coefficient (Wildman–Crippen LogP) is 3.50. The molecular weight excluding hydrogens is 336 g/mol. The van der Waals surface area contributed by atoms with Crippen LogP contribution < -0.4 is 10.5 Å². The summed E-state index contributed by atoms with van der Waals surface area (Å²) >= 11 is 6.74. The fraction of sp³-hybridized carbons (Fsp3) is 0.545. The molecule has 0 spiro atoms. The van der Waals surface area contributed by atoms with Crippen LogP contribution in [0, 0.1) is 0 Å². The van der Waals surface area contributed by atoms with E-state index in [0.29, 0.717) is 12.5 Å². The third-order valence-electron chi connectivity index (χ3n) is 2.68. The summed E-state index contributed by atoms with van der Waals surface area (Å²) in [7, 11) is 0. The van der Waals surface area contributed by atoms with Crippen LogP contribution in [0.3, 0.4) is 0 Å². The van der Waals surface area contributed by atoms with Crippen LogP contribution in [0.25, 0.3) is 0 Å². The van der Waals surface area contributed by atoms with Crippen LogP contribution in [0.5, 0.6) is 5.88 Å². The Morgan fingerprint density at radius 3 is 2.50 bits per heavy atom. The number of hydrogen-bond donors (Lipinski definition) is 1. The molecule has 3 nitrogen and oxygen atoms in total. The highest BCUT2D eigenvalue weighted by atomic mass is 79.9. The van der Waals surface area contributed by atoms with Gasteiger partial charge in [0.2, 0.25) is 5.88 Å². The van der Waals surface area contributed by atoms with Gasteiger partial charge in [-0.3, -0.25) is 0 Å². The zero-order valence-corrected chi connectivity index (χ0v) is 12.6. The number of nitrogens with zero attached hydrogens (tertiary/aromatic N) is 1. The second kappa shape index (κ2) is 5.98. The third-order valence-corrected chi connectivity index (χ3v) is 3.68. The fourth-order valence-corrected chi connectivity index (χ4v) is 2.28. The van der Waals surface area contributed by atoms with Crippen molar-refractivity contribution in [3.63, 3.8) is 0 Å². The van der Waals surface area contributed by atoms with Crippen molar-refractivity contribution >= 4 is 31.9 Å².